The standard InChI is InChI=1S/C28H25F6N2O5S/c1-26(2,42(39,40)23-7-3-6-21(15-23)27(29,30)31)20-12-14-36(24(37)16-20)22-10-8-18(9-11-22)19-5-4-13-35(17-19)41-25(38)28(32,33)34/h3-11,13,15,17,20H,12,14,16H2,1-2H3/q+1. The van der Waals surface area contributed by atoms with E-state index in [4.69, 9.17) is 0 Å². The minimum atomic E-state index is -5.16. The van der Waals surface area contributed by atoms with Crippen LogP contribution in [0.3, 0.4) is 0 Å². The maximum atomic E-state index is 13.4. The molecule has 1 fully saturated rings. The second-order valence-corrected chi connectivity index (χ2v) is 12.8. The van der Waals surface area contributed by atoms with Crippen LogP contribution in [-0.2, 0) is 25.6 Å². The van der Waals surface area contributed by atoms with Gasteiger partial charge >= 0.3 is 18.3 Å². The zero-order chi connectivity index (χ0) is 31.1. The number of hydrogen-bond donors (Lipinski definition) is 0. The lowest BCUT2D eigenvalue weighted by Crippen LogP contribution is -2.49. The van der Waals surface area contributed by atoms with E-state index in [0.717, 1.165) is 24.4 Å². The van der Waals surface area contributed by atoms with Crippen molar-refractivity contribution in [3.8, 4) is 11.1 Å². The highest BCUT2D eigenvalue weighted by molar-refractivity contribution is 7.92. The van der Waals surface area contributed by atoms with Crippen LogP contribution in [-0.4, -0.2) is 37.8 Å². The molecule has 7 nitrogen and oxygen atoms in total. The molecular weight excluding hydrogens is 590 g/mol. The normalized spacial score (nSPS) is 16.8. The number of anilines is 1. The first kappa shape index (κ1) is 31.0. The van der Waals surface area contributed by atoms with Gasteiger partial charge < -0.3 is 4.90 Å². The zero-order valence-electron chi connectivity index (χ0n) is 22.2. The highest BCUT2D eigenvalue weighted by Crippen LogP contribution is 2.40. The monoisotopic (exact) mass is 615 g/mol. The van der Waals surface area contributed by atoms with Crippen molar-refractivity contribution in [1.82, 2.24) is 0 Å². The number of sulfone groups is 1. The smallest absolute Gasteiger partial charge is 0.312 e. The van der Waals surface area contributed by atoms with Gasteiger partial charge in [-0.15, -0.1) is 0 Å². The lowest BCUT2D eigenvalue weighted by Gasteiger charge is -2.39. The molecule has 0 N–H and O–H groups in total. The summed E-state index contributed by atoms with van der Waals surface area (Å²) in [5.41, 5.74) is 0.381. The van der Waals surface area contributed by atoms with Crippen LogP contribution in [0.5, 0.6) is 0 Å². The number of aromatic nitrogens is 1. The van der Waals surface area contributed by atoms with Gasteiger partial charge in [-0.2, -0.15) is 31.2 Å². The second kappa shape index (κ2) is 11.0. The number of rotatable bonds is 6. The van der Waals surface area contributed by atoms with Crippen molar-refractivity contribution in [1.29, 1.82) is 0 Å². The number of hydrogen-bond acceptors (Lipinski definition) is 5. The van der Waals surface area contributed by atoms with Gasteiger partial charge in [0.15, 0.2) is 9.84 Å². The lowest BCUT2D eigenvalue weighted by atomic mass is 9.85. The van der Waals surface area contributed by atoms with Crippen LogP contribution < -0.4 is 14.5 Å². The highest BCUT2D eigenvalue weighted by Gasteiger charge is 2.47. The molecule has 2 aromatic carbocycles. The van der Waals surface area contributed by atoms with Crippen LogP contribution in [0, 0.1) is 5.92 Å². The maximum Gasteiger partial charge on any atom is 0.498 e. The molecule has 0 spiro atoms. The molecule has 1 saturated heterocycles. The zero-order valence-corrected chi connectivity index (χ0v) is 23.1. The van der Waals surface area contributed by atoms with Crippen LogP contribution in [0.1, 0.15) is 32.3 Å². The molecule has 14 heteroatoms. The Morgan fingerprint density at radius 1 is 0.952 bits per heavy atom. The highest BCUT2D eigenvalue weighted by atomic mass is 32.2. The fraction of sp³-hybridized carbons (Fsp3) is 0.321. The number of nitrogens with zero attached hydrogens (tertiary/aromatic N) is 2. The largest absolute Gasteiger partial charge is 0.498 e. The van der Waals surface area contributed by atoms with Gasteiger partial charge in [-0.3, -0.25) is 4.79 Å². The molecule has 1 aliphatic heterocycles. The average Bonchev–Trinajstić information content (AvgIpc) is 2.92. The first-order valence-corrected chi connectivity index (χ1v) is 14.0. The Bertz CT molecular complexity index is 1600. The van der Waals surface area contributed by atoms with Crippen molar-refractivity contribution in [3.05, 3.63) is 78.6 Å². The number of amides is 1. The van der Waals surface area contributed by atoms with Gasteiger partial charge in [0.2, 0.25) is 18.3 Å². The lowest BCUT2D eigenvalue weighted by molar-refractivity contribution is -0.870. The maximum absolute atomic E-state index is 13.4. The predicted molar refractivity (Wildman–Crippen MR) is 138 cm³/mol. The summed E-state index contributed by atoms with van der Waals surface area (Å²) in [5, 5.41) is 0. The fourth-order valence-corrected chi connectivity index (χ4v) is 6.51. The fourth-order valence-electron chi connectivity index (χ4n) is 4.73. The molecule has 1 atom stereocenters. The van der Waals surface area contributed by atoms with Crippen LogP contribution in [0.25, 0.3) is 11.1 Å². The Balaban J connectivity index is 1.48. The number of alkyl halides is 6. The number of halogens is 6. The summed E-state index contributed by atoms with van der Waals surface area (Å²) in [6, 6.07) is 12.9. The third-order valence-corrected chi connectivity index (χ3v) is 9.87. The quantitative estimate of drug-likeness (QED) is 0.282. The Morgan fingerprint density at radius 2 is 1.62 bits per heavy atom. The topological polar surface area (TPSA) is 84.6 Å². The van der Waals surface area contributed by atoms with E-state index in [9.17, 15) is 44.3 Å². The molecule has 2 heterocycles. The molecule has 0 bridgehead atoms. The van der Waals surface area contributed by atoms with Crippen LogP contribution >= 0.6 is 0 Å². The molecule has 4 rings (SSSR count). The summed E-state index contributed by atoms with van der Waals surface area (Å²) in [6.07, 6.45) is -7.46. The first-order valence-electron chi connectivity index (χ1n) is 12.5. The average molecular weight is 616 g/mol. The van der Waals surface area contributed by atoms with E-state index in [2.05, 4.69) is 4.84 Å². The third-order valence-electron chi connectivity index (χ3n) is 7.28. The van der Waals surface area contributed by atoms with E-state index >= 15 is 0 Å². The molecule has 1 unspecified atom stereocenters. The summed E-state index contributed by atoms with van der Waals surface area (Å²) in [7, 11) is -4.25. The number of benzene rings is 2. The third kappa shape index (κ3) is 6.27. The van der Waals surface area contributed by atoms with E-state index in [1.165, 1.54) is 31.0 Å². The molecule has 0 aliphatic carbocycles. The number of piperidine rings is 1. The van der Waals surface area contributed by atoms with Crippen LogP contribution in [0.2, 0.25) is 0 Å². The summed E-state index contributed by atoms with van der Waals surface area (Å²) in [5.74, 6) is -3.42. The van der Waals surface area contributed by atoms with Crippen molar-refractivity contribution in [2.45, 2.75) is 48.7 Å². The molecule has 224 valence electrons. The Morgan fingerprint density at radius 3 is 2.21 bits per heavy atom. The number of carbonyl (C=O) groups is 2. The van der Waals surface area contributed by atoms with Crippen molar-refractivity contribution in [3.63, 3.8) is 0 Å². The van der Waals surface area contributed by atoms with Gasteiger partial charge in [-0.05, 0) is 68.1 Å². The Kier molecular flexibility index (Phi) is 8.15. The molecule has 1 aliphatic rings. The van der Waals surface area contributed by atoms with Crippen LogP contribution in [0.4, 0.5) is 32.0 Å². The predicted octanol–water partition coefficient (Wildman–Crippen LogP) is 5.17. The van der Waals surface area contributed by atoms with E-state index in [0.29, 0.717) is 27.6 Å². The summed E-state index contributed by atoms with van der Waals surface area (Å²) >= 11 is 0. The second-order valence-electron chi connectivity index (χ2n) is 10.2. The summed E-state index contributed by atoms with van der Waals surface area (Å²) < 4.78 is 103. The van der Waals surface area contributed by atoms with Gasteiger partial charge in [-0.25, -0.2) is 13.2 Å². The van der Waals surface area contributed by atoms with Crippen molar-refractivity contribution >= 4 is 27.4 Å². The number of carbonyl (C=O) groups excluding carboxylic acids is 2. The van der Waals surface area contributed by atoms with Gasteiger partial charge in [0.05, 0.1) is 20.8 Å². The molecule has 1 aromatic heterocycles. The minimum Gasteiger partial charge on any atom is -0.312 e. The van der Waals surface area contributed by atoms with Crippen molar-refractivity contribution < 1.29 is 53.9 Å². The van der Waals surface area contributed by atoms with Gasteiger partial charge in [0.25, 0.3) is 0 Å². The SMILES string of the molecule is CC(C)(C1CCN(c2ccc(-c3ccc[n+](OC(=O)C(F)(F)F)c3)cc2)C(=O)C1)S(=O)(=O)c1cccc(C(F)(F)F)c1. The van der Waals surface area contributed by atoms with Crippen LogP contribution in [0.15, 0.2) is 78.0 Å². The minimum absolute atomic E-state index is 0.156. The van der Waals surface area contributed by atoms with Gasteiger partial charge in [-0.1, -0.05) is 18.2 Å². The molecule has 0 radical (unpaired) electrons. The summed E-state index contributed by atoms with van der Waals surface area (Å²) in [6.45, 7) is 2.97. The van der Waals surface area contributed by atoms with Gasteiger partial charge in [0.1, 0.15) is 0 Å². The molecular formula is C28H25F6N2O5S+. The molecule has 0 saturated carbocycles. The molecule has 42 heavy (non-hydrogen) atoms. The first-order chi connectivity index (χ1) is 19.4. The van der Waals surface area contributed by atoms with E-state index in [-0.39, 0.29) is 25.3 Å². The van der Waals surface area contributed by atoms with E-state index in [1.54, 1.807) is 30.3 Å². The van der Waals surface area contributed by atoms with E-state index < -0.39 is 49.3 Å². The summed E-state index contributed by atoms with van der Waals surface area (Å²) in [4.78, 5) is 29.5. The number of pyridine rings is 1. The Hall–Kier alpha value is -3.94. The van der Waals surface area contributed by atoms with Crippen molar-refractivity contribution in [2.24, 2.45) is 5.92 Å². The van der Waals surface area contributed by atoms with Gasteiger partial charge in [0, 0.05) is 29.4 Å². The van der Waals surface area contributed by atoms with E-state index in [1.807, 2.05) is 0 Å². The Labute approximate surface area is 237 Å². The van der Waals surface area contributed by atoms with Crippen molar-refractivity contribution in [2.75, 3.05) is 11.4 Å². The molecule has 1 amide bonds. The molecule has 3 aromatic rings.